The van der Waals surface area contributed by atoms with Gasteiger partial charge in [0, 0.05) is 23.7 Å². The molecular formula is C27H28FN5O. The minimum Gasteiger partial charge on any atom is -0.396 e. The first-order valence-corrected chi connectivity index (χ1v) is 11.3. The number of anilines is 2. The van der Waals surface area contributed by atoms with Gasteiger partial charge in [0.15, 0.2) is 6.29 Å². The molecule has 5 rings (SSSR count). The van der Waals surface area contributed by atoms with E-state index in [1.807, 2.05) is 31.3 Å². The van der Waals surface area contributed by atoms with Crippen LogP contribution >= 0.6 is 0 Å². The largest absolute Gasteiger partial charge is 0.396 e. The number of aromatic nitrogens is 2. The molecule has 0 bridgehead atoms. The molecule has 4 N–H and O–H groups in total. The molecule has 0 radical (unpaired) electrons. The van der Waals surface area contributed by atoms with Crippen molar-refractivity contribution < 1.29 is 9.18 Å². The third kappa shape index (κ3) is 5.94. The van der Waals surface area contributed by atoms with Gasteiger partial charge >= 0.3 is 0 Å². The number of hydrogen-bond donors (Lipinski definition) is 3. The van der Waals surface area contributed by atoms with Gasteiger partial charge in [0.25, 0.3) is 0 Å². The van der Waals surface area contributed by atoms with Gasteiger partial charge in [-0.1, -0.05) is 18.2 Å². The van der Waals surface area contributed by atoms with E-state index in [-0.39, 0.29) is 5.56 Å². The predicted molar refractivity (Wildman–Crippen MR) is 135 cm³/mol. The van der Waals surface area contributed by atoms with E-state index in [4.69, 9.17) is 5.73 Å². The van der Waals surface area contributed by atoms with E-state index < -0.39 is 5.82 Å². The average Bonchev–Trinajstić information content (AvgIpc) is 3.68. The van der Waals surface area contributed by atoms with E-state index in [9.17, 15) is 9.18 Å². The molecule has 2 aromatic heterocycles. The first kappa shape index (κ1) is 23.3. The van der Waals surface area contributed by atoms with E-state index in [0.29, 0.717) is 35.6 Å². The Morgan fingerprint density at radius 1 is 1.12 bits per heavy atom. The summed E-state index contributed by atoms with van der Waals surface area (Å²) in [6, 6.07) is 17.8. The number of nitrogen functional groups attached to an aromatic ring is 1. The van der Waals surface area contributed by atoms with Crippen molar-refractivity contribution in [3.05, 3.63) is 83.8 Å². The Morgan fingerprint density at radius 3 is 2.68 bits per heavy atom. The molecule has 0 amide bonds. The molecule has 1 aliphatic carbocycles. The zero-order valence-electron chi connectivity index (χ0n) is 19.1. The molecule has 0 saturated heterocycles. The van der Waals surface area contributed by atoms with E-state index in [1.54, 1.807) is 24.4 Å². The summed E-state index contributed by atoms with van der Waals surface area (Å²) >= 11 is 0. The summed E-state index contributed by atoms with van der Waals surface area (Å²) in [5.41, 5.74) is 9.69. The van der Waals surface area contributed by atoms with Crippen LogP contribution in [0.3, 0.4) is 0 Å². The number of nitrogens with zero attached hydrogens (tertiary/aromatic N) is 2. The van der Waals surface area contributed by atoms with Crippen LogP contribution in [0.15, 0.2) is 66.9 Å². The van der Waals surface area contributed by atoms with Crippen LogP contribution in [-0.2, 0) is 6.54 Å². The molecule has 4 aromatic rings. The zero-order chi connectivity index (χ0) is 23.9. The van der Waals surface area contributed by atoms with Crippen molar-refractivity contribution >= 4 is 28.7 Å². The number of aldehydes is 1. The summed E-state index contributed by atoms with van der Waals surface area (Å²) in [7, 11) is 2.01. The van der Waals surface area contributed by atoms with Crippen molar-refractivity contribution in [2.75, 3.05) is 24.6 Å². The highest BCUT2D eigenvalue weighted by molar-refractivity contribution is 5.79. The number of nitrogens with one attached hydrogen (secondary N) is 2. The summed E-state index contributed by atoms with van der Waals surface area (Å²) in [5, 5.41) is 7.42. The molecule has 0 spiro atoms. The molecule has 1 aliphatic rings. The maximum atomic E-state index is 13.9. The predicted octanol–water partition coefficient (Wildman–Crippen LogP) is 5.06. The molecule has 2 heterocycles. The Labute approximate surface area is 198 Å². The average molecular weight is 458 g/mol. The molecule has 34 heavy (non-hydrogen) atoms. The number of fused-ring (bicyclic) bond motifs is 1. The number of carbonyl (C=O) groups is 1. The molecular weight excluding hydrogens is 429 g/mol. The fourth-order valence-electron chi connectivity index (χ4n) is 3.59. The second-order valence-electron chi connectivity index (χ2n) is 8.37. The van der Waals surface area contributed by atoms with Crippen molar-refractivity contribution in [1.82, 2.24) is 15.3 Å². The first-order chi connectivity index (χ1) is 16.6. The van der Waals surface area contributed by atoms with Gasteiger partial charge < -0.3 is 16.4 Å². The highest BCUT2D eigenvalue weighted by Crippen LogP contribution is 2.27. The molecule has 0 aliphatic heterocycles. The van der Waals surface area contributed by atoms with Crippen LogP contribution in [-0.4, -0.2) is 29.8 Å². The summed E-state index contributed by atoms with van der Waals surface area (Å²) in [5.74, 6) is 0.976. The minimum atomic E-state index is -0.578. The second-order valence-corrected chi connectivity index (χ2v) is 8.37. The lowest BCUT2D eigenvalue weighted by molar-refractivity contribution is 0.112. The molecule has 2 aromatic carbocycles. The Kier molecular flexibility index (Phi) is 7.44. The SMILES string of the molecule is CNCC1CC1.Nc1ccc(-c2ccc(C=O)c(F)c2)nc1NCc1ccc2ncccc2c1. The van der Waals surface area contributed by atoms with Crippen molar-refractivity contribution in [1.29, 1.82) is 0 Å². The van der Waals surface area contributed by atoms with Gasteiger partial charge in [-0.3, -0.25) is 9.78 Å². The first-order valence-electron chi connectivity index (χ1n) is 11.3. The fourth-order valence-corrected chi connectivity index (χ4v) is 3.59. The number of rotatable bonds is 7. The number of carbonyl (C=O) groups excluding carboxylic acids is 1. The lowest BCUT2D eigenvalue weighted by atomic mass is 10.1. The van der Waals surface area contributed by atoms with Crippen LogP contribution in [0.1, 0.15) is 28.8 Å². The quantitative estimate of drug-likeness (QED) is 0.336. The van der Waals surface area contributed by atoms with Crippen molar-refractivity contribution in [3.63, 3.8) is 0 Å². The molecule has 7 heteroatoms. The Morgan fingerprint density at radius 2 is 1.97 bits per heavy atom. The molecule has 1 fully saturated rings. The fraction of sp³-hybridized carbons (Fsp3) is 0.222. The van der Waals surface area contributed by atoms with Gasteiger partial charge in [0.1, 0.15) is 11.6 Å². The summed E-state index contributed by atoms with van der Waals surface area (Å²) in [4.78, 5) is 19.6. The van der Waals surface area contributed by atoms with Crippen LogP contribution in [0.2, 0.25) is 0 Å². The molecule has 174 valence electrons. The van der Waals surface area contributed by atoms with Crippen molar-refractivity contribution in [2.24, 2.45) is 5.92 Å². The highest BCUT2D eigenvalue weighted by atomic mass is 19.1. The number of benzene rings is 2. The topological polar surface area (TPSA) is 92.9 Å². The Bertz CT molecular complexity index is 1290. The van der Waals surface area contributed by atoms with E-state index >= 15 is 0 Å². The number of nitrogens with two attached hydrogens (primary N) is 1. The van der Waals surface area contributed by atoms with Gasteiger partial charge in [0.05, 0.1) is 22.5 Å². The minimum absolute atomic E-state index is 0.0170. The molecule has 0 atom stereocenters. The second kappa shape index (κ2) is 10.9. The van der Waals surface area contributed by atoms with E-state index in [1.165, 1.54) is 31.5 Å². The summed E-state index contributed by atoms with van der Waals surface area (Å²) in [6.45, 7) is 1.77. The molecule has 0 unspecified atom stereocenters. The zero-order valence-corrected chi connectivity index (χ0v) is 19.1. The number of halogens is 1. The van der Waals surface area contributed by atoms with Crippen LogP contribution in [0.25, 0.3) is 22.2 Å². The summed E-state index contributed by atoms with van der Waals surface area (Å²) in [6.07, 6.45) is 5.17. The molecule has 6 nitrogen and oxygen atoms in total. The Balaban J connectivity index is 0.000000398. The van der Waals surface area contributed by atoms with Gasteiger partial charge in [-0.25, -0.2) is 9.37 Å². The van der Waals surface area contributed by atoms with Crippen LogP contribution in [0.5, 0.6) is 0 Å². The summed E-state index contributed by atoms with van der Waals surface area (Å²) < 4.78 is 13.9. The third-order valence-corrected chi connectivity index (χ3v) is 5.67. The van der Waals surface area contributed by atoms with E-state index in [0.717, 1.165) is 22.4 Å². The van der Waals surface area contributed by atoms with Gasteiger partial charge in [-0.2, -0.15) is 0 Å². The number of pyridine rings is 2. The highest BCUT2D eigenvalue weighted by Gasteiger charge is 2.19. The standard InChI is InChI=1S/C22H17FN4O.C5H11N/c23-18-11-16(4-5-17(18)13-28)21-8-6-19(24)22(27-21)26-12-14-3-7-20-15(10-14)2-1-9-25-20;1-6-4-5-2-3-5/h1-11,13H,12,24H2,(H,26,27);5-6H,2-4H2,1H3. The van der Waals surface area contributed by atoms with Crippen LogP contribution in [0, 0.1) is 11.7 Å². The maximum absolute atomic E-state index is 13.9. The lowest BCUT2D eigenvalue weighted by Crippen LogP contribution is -2.08. The number of hydrogen-bond acceptors (Lipinski definition) is 6. The Hall–Kier alpha value is -3.84. The lowest BCUT2D eigenvalue weighted by Gasteiger charge is -2.11. The maximum Gasteiger partial charge on any atom is 0.152 e. The van der Waals surface area contributed by atoms with Crippen LogP contribution < -0.4 is 16.4 Å². The third-order valence-electron chi connectivity index (χ3n) is 5.67. The van der Waals surface area contributed by atoms with Crippen molar-refractivity contribution in [2.45, 2.75) is 19.4 Å². The van der Waals surface area contributed by atoms with Gasteiger partial charge in [-0.15, -0.1) is 0 Å². The van der Waals surface area contributed by atoms with Gasteiger partial charge in [-0.05, 0) is 80.4 Å². The van der Waals surface area contributed by atoms with Crippen LogP contribution in [0.4, 0.5) is 15.9 Å². The smallest absolute Gasteiger partial charge is 0.152 e. The normalized spacial score (nSPS) is 12.6. The van der Waals surface area contributed by atoms with Gasteiger partial charge in [0.2, 0.25) is 0 Å². The molecule has 1 saturated carbocycles. The van der Waals surface area contributed by atoms with E-state index in [2.05, 4.69) is 26.7 Å². The monoisotopic (exact) mass is 457 g/mol. The van der Waals surface area contributed by atoms with Crippen molar-refractivity contribution in [3.8, 4) is 11.3 Å².